The lowest BCUT2D eigenvalue weighted by Crippen LogP contribution is -2.52. The van der Waals surface area contributed by atoms with Crippen LogP contribution in [0.1, 0.15) is 34.0 Å². The number of rotatable bonds is 4. The van der Waals surface area contributed by atoms with Gasteiger partial charge in [-0.2, -0.15) is 0 Å². The van der Waals surface area contributed by atoms with Crippen LogP contribution in [0.2, 0.25) is 0 Å². The summed E-state index contributed by atoms with van der Waals surface area (Å²) < 4.78 is 18.8. The first kappa shape index (κ1) is 16.7. The Balaban J connectivity index is 1.74. The number of benzene rings is 1. The lowest BCUT2D eigenvalue weighted by atomic mass is 10.0. The van der Waals surface area contributed by atoms with Crippen LogP contribution < -0.4 is 10.2 Å². The number of nitrogens with zero attached hydrogens (tertiary/aromatic N) is 1. The van der Waals surface area contributed by atoms with Crippen LogP contribution in [0.5, 0.6) is 0 Å². The highest BCUT2D eigenvalue weighted by Crippen LogP contribution is 2.24. The molecule has 130 valence electrons. The van der Waals surface area contributed by atoms with Crippen LogP contribution in [0.25, 0.3) is 0 Å². The maximum atomic E-state index is 13.9. The molecule has 0 unspecified atom stereocenters. The van der Waals surface area contributed by atoms with Gasteiger partial charge in [0.05, 0.1) is 5.69 Å². The summed E-state index contributed by atoms with van der Waals surface area (Å²) in [6.45, 7) is 0.357. The Morgan fingerprint density at radius 1 is 1.20 bits per heavy atom. The van der Waals surface area contributed by atoms with Crippen LogP contribution in [0.15, 0.2) is 40.8 Å². The highest BCUT2D eigenvalue weighted by atomic mass is 19.1. The van der Waals surface area contributed by atoms with E-state index < -0.39 is 29.6 Å². The SMILES string of the molecule is O=C(O)c1ccc(C(=O)N[C@@H]2CCCN(c3ccccc3F)C2=O)o1. The number of anilines is 1. The Kier molecular flexibility index (Phi) is 4.51. The minimum atomic E-state index is -1.29. The molecule has 2 N–H and O–H groups in total. The zero-order valence-electron chi connectivity index (χ0n) is 13.1. The molecule has 1 aromatic carbocycles. The third kappa shape index (κ3) is 3.37. The first-order chi connectivity index (χ1) is 12.0. The van der Waals surface area contributed by atoms with Crippen molar-refractivity contribution in [3.63, 3.8) is 0 Å². The third-order valence-corrected chi connectivity index (χ3v) is 3.93. The fourth-order valence-electron chi connectivity index (χ4n) is 2.72. The molecule has 0 radical (unpaired) electrons. The molecule has 7 nitrogen and oxygen atoms in total. The fraction of sp³-hybridized carbons (Fsp3) is 0.235. The second kappa shape index (κ2) is 6.76. The minimum absolute atomic E-state index is 0.164. The van der Waals surface area contributed by atoms with E-state index >= 15 is 0 Å². The van der Waals surface area contributed by atoms with Gasteiger partial charge in [0.25, 0.3) is 5.91 Å². The summed E-state index contributed by atoms with van der Waals surface area (Å²) in [4.78, 5) is 36.8. The van der Waals surface area contributed by atoms with Gasteiger partial charge >= 0.3 is 5.97 Å². The molecule has 2 amide bonds. The fourth-order valence-corrected chi connectivity index (χ4v) is 2.72. The standard InChI is InChI=1S/C17H15FN2O5/c18-10-4-1-2-6-12(10)20-9-3-5-11(16(20)22)19-15(21)13-7-8-14(25-13)17(23)24/h1-2,4,6-8,11H,3,5,9H2,(H,19,21)(H,23,24)/t11-/m1/s1. The molecule has 25 heavy (non-hydrogen) atoms. The van der Waals surface area contributed by atoms with E-state index in [1.165, 1.54) is 29.2 Å². The molecule has 0 saturated carbocycles. The molecule has 0 aliphatic carbocycles. The van der Waals surface area contributed by atoms with Gasteiger partial charge in [0, 0.05) is 6.54 Å². The maximum Gasteiger partial charge on any atom is 0.371 e. The van der Waals surface area contributed by atoms with E-state index in [0.717, 1.165) is 6.07 Å². The van der Waals surface area contributed by atoms with Crippen LogP contribution in [0.3, 0.4) is 0 Å². The predicted molar refractivity (Wildman–Crippen MR) is 84.9 cm³/mol. The number of halogens is 1. The van der Waals surface area contributed by atoms with E-state index in [0.29, 0.717) is 19.4 Å². The number of carboxylic acid groups (broad SMARTS) is 1. The van der Waals surface area contributed by atoms with E-state index in [4.69, 9.17) is 9.52 Å². The van der Waals surface area contributed by atoms with E-state index in [-0.39, 0.29) is 17.2 Å². The third-order valence-electron chi connectivity index (χ3n) is 3.93. The normalized spacial score (nSPS) is 17.4. The maximum absolute atomic E-state index is 13.9. The lowest BCUT2D eigenvalue weighted by molar-refractivity contribution is -0.121. The number of amides is 2. The first-order valence-corrected chi connectivity index (χ1v) is 7.67. The number of hydrogen-bond acceptors (Lipinski definition) is 4. The summed E-state index contributed by atoms with van der Waals surface area (Å²) in [5.41, 5.74) is 0.164. The summed E-state index contributed by atoms with van der Waals surface area (Å²) in [7, 11) is 0. The number of furan rings is 1. The van der Waals surface area contributed by atoms with Gasteiger partial charge in [-0.05, 0) is 37.1 Å². The summed E-state index contributed by atoms with van der Waals surface area (Å²) >= 11 is 0. The quantitative estimate of drug-likeness (QED) is 0.882. The largest absolute Gasteiger partial charge is 0.475 e. The second-order valence-corrected chi connectivity index (χ2v) is 5.58. The van der Waals surface area contributed by atoms with Gasteiger partial charge < -0.3 is 19.7 Å². The van der Waals surface area contributed by atoms with Gasteiger partial charge in [-0.15, -0.1) is 0 Å². The van der Waals surface area contributed by atoms with Gasteiger partial charge in [0.2, 0.25) is 11.7 Å². The van der Waals surface area contributed by atoms with Crippen LogP contribution in [0.4, 0.5) is 10.1 Å². The van der Waals surface area contributed by atoms with E-state index in [9.17, 15) is 18.8 Å². The Bertz CT molecular complexity index is 832. The summed E-state index contributed by atoms with van der Waals surface area (Å²) in [6.07, 6.45) is 0.992. The average Bonchev–Trinajstić information content (AvgIpc) is 3.08. The van der Waals surface area contributed by atoms with Gasteiger partial charge in [-0.25, -0.2) is 9.18 Å². The summed E-state index contributed by atoms with van der Waals surface area (Å²) in [6, 6.07) is 7.48. The van der Waals surface area contributed by atoms with Crippen molar-refractivity contribution in [1.82, 2.24) is 5.32 Å². The number of hydrogen-bond donors (Lipinski definition) is 2. The zero-order valence-corrected chi connectivity index (χ0v) is 13.1. The second-order valence-electron chi connectivity index (χ2n) is 5.58. The smallest absolute Gasteiger partial charge is 0.371 e. The Morgan fingerprint density at radius 2 is 1.92 bits per heavy atom. The van der Waals surface area contributed by atoms with Crippen molar-refractivity contribution in [2.24, 2.45) is 0 Å². The molecule has 1 aliphatic heterocycles. The summed E-state index contributed by atoms with van der Waals surface area (Å²) in [5.74, 6) is -3.49. The minimum Gasteiger partial charge on any atom is -0.475 e. The van der Waals surface area contributed by atoms with Crippen molar-refractivity contribution < 1.29 is 28.3 Å². The number of carbonyl (C=O) groups excluding carboxylic acids is 2. The number of para-hydroxylation sites is 1. The molecule has 8 heteroatoms. The number of piperidine rings is 1. The number of carboxylic acids is 1. The summed E-state index contributed by atoms with van der Waals surface area (Å²) in [5, 5.41) is 11.3. The number of carbonyl (C=O) groups is 3. The van der Waals surface area contributed by atoms with Crippen molar-refractivity contribution in [2.75, 3.05) is 11.4 Å². The molecule has 2 heterocycles. The molecule has 1 aliphatic rings. The number of nitrogens with one attached hydrogen (secondary N) is 1. The molecular weight excluding hydrogens is 331 g/mol. The van der Waals surface area contributed by atoms with Crippen molar-refractivity contribution >= 4 is 23.5 Å². The van der Waals surface area contributed by atoms with Crippen molar-refractivity contribution in [3.8, 4) is 0 Å². The molecule has 1 aromatic heterocycles. The van der Waals surface area contributed by atoms with Crippen LogP contribution in [-0.4, -0.2) is 35.5 Å². The molecule has 0 spiro atoms. The van der Waals surface area contributed by atoms with Gasteiger partial charge in [-0.3, -0.25) is 9.59 Å². The van der Waals surface area contributed by atoms with Crippen molar-refractivity contribution in [2.45, 2.75) is 18.9 Å². The molecule has 1 fully saturated rings. The Morgan fingerprint density at radius 3 is 2.60 bits per heavy atom. The van der Waals surface area contributed by atoms with Gasteiger partial charge in [-0.1, -0.05) is 12.1 Å². The first-order valence-electron chi connectivity index (χ1n) is 7.67. The highest BCUT2D eigenvalue weighted by molar-refractivity contribution is 6.02. The van der Waals surface area contributed by atoms with E-state index in [1.807, 2.05) is 0 Å². The van der Waals surface area contributed by atoms with E-state index in [2.05, 4.69) is 5.32 Å². The lowest BCUT2D eigenvalue weighted by Gasteiger charge is -2.32. The molecule has 1 saturated heterocycles. The van der Waals surface area contributed by atoms with Crippen molar-refractivity contribution in [3.05, 3.63) is 53.7 Å². The van der Waals surface area contributed by atoms with Crippen LogP contribution in [-0.2, 0) is 4.79 Å². The Hall–Kier alpha value is -3.16. The number of aromatic carboxylic acids is 1. The van der Waals surface area contributed by atoms with Crippen LogP contribution >= 0.6 is 0 Å². The average molecular weight is 346 g/mol. The van der Waals surface area contributed by atoms with Crippen molar-refractivity contribution in [1.29, 1.82) is 0 Å². The molecule has 1 atom stereocenters. The molecule has 2 aromatic rings. The molecular formula is C17H15FN2O5. The predicted octanol–water partition coefficient (Wildman–Crippen LogP) is 2.04. The monoisotopic (exact) mass is 346 g/mol. The molecule has 3 rings (SSSR count). The van der Waals surface area contributed by atoms with Crippen LogP contribution in [0, 0.1) is 5.82 Å². The Labute approximate surface area is 142 Å². The van der Waals surface area contributed by atoms with Gasteiger partial charge in [0.15, 0.2) is 5.76 Å². The zero-order chi connectivity index (χ0) is 18.0. The molecule has 0 bridgehead atoms. The van der Waals surface area contributed by atoms with E-state index in [1.54, 1.807) is 6.07 Å². The highest BCUT2D eigenvalue weighted by Gasteiger charge is 2.32. The topological polar surface area (TPSA) is 99.8 Å². The van der Waals surface area contributed by atoms with Gasteiger partial charge in [0.1, 0.15) is 11.9 Å².